The molecule has 1 aromatic rings. The molecule has 4 nitrogen and oxygen atoms in total. The highest BCUT2D eigenvalue weighted by Crippen LogP contribution is 2.22. The summed E-state index contributed by atoms with van der Waals surface area (Å²) in [5.74, 6) is 0.485. The first-order chi connectivity index (χ1) is 7.15. The van der Waals surface area contributed by atoms with Crippen molar-refractivity contribution in [3.63, 3.8) is 0 Å². The summed E-state index contributed by atoms with van der Waals surface area (Å²) in [4.78, 5) is 7.37. The predicted molar refractivity (Wildman–Crippen MR) is 66.3 cm³/mol. The SMILES string of the molecule is CN=C(N)NCC(c1cccs1)N(C)C. The maximum absolute atomic E-state index is 5.60. The van der Waals surface area contributed by atoms with Crippen molar-refractivity contribution in [3.8, 4) is 0 Å². The minimum Gasteiger partial charge on any atom is -0.370 e. The number of hydrogen-bond donors (Lipinski definition) is 2. The van der Waals surface area contributed by atoms with Crippen LogP contribution in [0.1, 0.15) is 10.9 Å². The van der Waals surface area contributed by atoms with E-state index in [4.69, 9.17) is 5.73 Å². The van der Waals surface area contributed by atoms with E-state index in [0.717, 1.165) is 6.54 Å². The van der Waals surface area contributed by atoms with E-state index >= 15 is 0 Å². The molecule has 0 aliphatic carbocycles. The molecule has 1 heterocycles. The maximum atomic E-state index is 5.60. The maximum Gasteiger partial charge on any atom is 0.188 e. The zero-order valence-corrected chi connectivity index (χ0v) is 10.2. The highest BCUT2D eigenvalue weighted by molar-refractivity contribution is 7.10. The van der Waals surface area contributed by atoms with Gasteiger partial charge in [0.15, 0.2) is 5.96 Å². The number of nitrogens with zero attached hydrogens (tertiary/aromatic N) is 2. The Kier molecular flexibility index (Phi) is 4.58. The fourth-order valence-corrected chi connectivity index (χ4v) is 2.22. The molecule has 0 amide bonds. The summed E-state index contributed by atoms with van der Waals surface area (Å²) >= 11 is 1.76. The van der Waals surface area contributed by atoms with Gasteiger partial charge in [-0.1, -0.05) is 6.07 Å². The minimum atomic E-state index is 0.338. The zero-order valence-electron chi connectivity index (χ0n) is 9.40. The van der Waals surface area contributed by atoms with Crippen LogP contribution in [0.3, 0.4) is 0 Å². The number of rotatable bonds is 4. The quantitative estimate of drug-likeness (QED) is 0.592. The van der Waals surface area contributed by atoms with Crippen LogP contribution in [0.4, 0.5) is 0 Å². The van der Waals surface area contributed by atoms with Crippen molar-refractivity contribution in [1.29, 1.82) is 0 Å². The molecule has 0 spiro atoms. The van der Waals surface area contributed by atoms with Crippen LogP contribution in [-0.2, 0) is 0 Å². The van der Waals surface area contributed by atoms with Crippen molar-refractivity contribution in [2.45, 2.75) is 6.04 Å². The van der Waals surface area contributed by atoms with Gasteiger partial charge < -0.3 is 16.0 Å². The molecule has 3 N–H and O–H groups in total. The average Bonchev–Trinajstić information content (AvgIpc) is 2.70. The normalized spacial score (nSPS) is 14.3. The summed E-state index contributed by atoms with van der Waals surface area (Å²) in [5, 5.41) is 5.18. The monoisotopic (exact) mass is 226 g/mol. The molecule has 1 unspecified atom stereocenters. The fourth-order valence-electron chi connectivity index (χ4n) is 1.30. The lowest BCUT2D eigenvalue weighted by Gasteiger charge is -2.23. The molecular weight excluding hydrogens is 208 g/mol. The van der Waals surface area contributed by atoms with Gasteiger partial charge in [0.25, 0.3) is 0 Å². The summed E-state index contributed by atoms with van der Waals surface area (Å²) in [5.41, 5.74) is 5.60. The van der Waals surface area contributed by atoms with Gasteiger partial charge in [-0.2, -0.15) is 0 Å². The third kappa shape index (κ3) is 3.53. The van der Waals surface area contributed by atoms with Gasteiger partial charge in [-0.15, -0.1) is 11.3 Å². The van der Waals surface area contributed by atoms with Gasteiger partial charge in [-0.25, -0.2) is 0 Å². The molecule has 0 fully saturated rings. The van der Waals surface area contributed by atoms with E-state index in [1.54, 1.807) is 18.4 Å². The molecule has 1 atom stereocenters. The molecule has 1 aromatic heterocycles. The van der Waals surface area contributed by atoms with Gasteiger partial charge in [0.2, 0.25) is 0 Å². The van der Waals surface area contributed by atoms with Crippen molar-refractivity contribution in [1.82, 2.24) is 10.2 Å². The number of nitrogens with two attached hydrogens (primary N) is 1. The lowest BCUT2D eigenvalue weighted by molar-refractivity contribution is 0.303. The predicted octanol–water partition coefficient (Wildman–Crippen LogP) is 0.885. The minimum absolute atomic E-state index is 0.338. The van der Waals surface area contributed by atoms with E-state index in [0.29, 0.717) is 12.0 Å². The average molecular weight is 226 g/mol. The number of nitrogens with one attached hydrogen (secondary N) is 1. The molecule has 0 saturated heterocycles. The molecule has 15 heavy (non-hydrogen) atoms. The Hall–Kier alpha value is -1.07. The number of thiophene rings is 1. The second-order valence-corrected chi connectivity index (χ2v) is 4.46. The second-order valence-electron chi connectivity index (χ2n) is 3.48. The van der Waals surface area contributed by atoms with Crippen LogP contribution in [0.25, 0.3) is 0 Å². The number of aliphatic imine (C=N–C) groups is 1. The Bertz CT molecular complexity index is 305. The summed E-state index contributed by atoms with van der Waals surface area (Å²) in [7, 11) is 5.80. The third-order valence-electron chi connectivity index (χ3n) is 2.21. The number of likely N-dealkylation sites (N-methyl/N-ethyl adjacent to an activating group) is 1. The van der Waals surface area contributed by atoms with E-state index in [1.807, 2.05) is 0 Å². The first-order valence-electron chi connectivity index (χ1n) is 4.81. The van der Waals surface area contributed by atoms with Crippen molar-refractivity contribution < 1.29 is 0 Å². The summed E-state index contributed by atoms with van der Waals surface area (Å²) < 4.78 is 0. The Morgan fingerprint density at radius 1 is 1.67 bits per heavy atom. The van der Waals surface area contributed by atoms with Crippen LogP contribution in [0.2, 0.25) is 0 Å². The van der Waals surface area contributed by atoms with Crippen molar-refractivity contribution >= 4 is 17.3 Å². The highest BCUT2D eigenvalue weighted by Gasteiger charge is 2.14. The Morgan fingerprint density at radius 2 is 2.40 bits per heavy atom. The third-order valence-corrected chi connectivity index (χ3v) is 3.19. The first kappa shape index (κ1) is 12.0. The van der Waals surface area contributed by atoms with Gasteiger partial charge in [0.05, 0.1) is 6.04 Å². The second kappa shape index (κ2) is 5.72. The van der Waals surface area contributed by atoms with E-state index in [-0.39, 0.29) is 0 Å². The van der Waals surface area contributed by atoms with E-state index < -0.39 is 0 Å². The van der Waals surface area contributed by atoms with Crippen molar-refractivity contribution in [3.05, 3.63) is 22.4 Å². The van der Waals surface area contributed by atoms with Gasteiger partial charge in [0, 0.05) is 18.5 Å². The van der Waals surface area contributed by atoms with Crippen molar-refractivity contribution in [2.24, 2.45) is 10.7 Å². The molecule has 0 bridgehead atoms. The Balaban J connectivity index is 2.60. The summed E-state index contributed by atoms with van der Waals surface area (Å²) in [6.45, 7) is 0.774. The van der Waals surface area contributed by atoms with Crippen LogP contribution in [0.15, 0.2) is 22.5 Å². The zero-order chi connectivity index (χ0) is 11.3. The molecule has 0 aliphatic heterocycles. The van der Waals surface area contributed by atoms with Crippen LogP contribution in [0.5, 0.6) is 0 Å². The lowest BCUT2D eigenvalue weighted by atomic mass is 10.2. The van der Waals surface area contributed by atoms with Crippen molar-refractivity contribution in [2.75, 3.05) is 27.7 Å². The standard InChI is InChI=1S/C10H18N4S/c1-12-10(11)13-7-8(14(2)3)9-5-4-6-15-9/h4-6,8H,7H2,1-3H3,(H3,11,12,13). The first-order valence-corrected chi connectivity index (χ1v) is 5.69. The van der Waals surface area contributed by atoms with Gasteiger partial charge in [0.1, 0.15) is 0 Å². The molecule has 1 rings (SSSR count). The lowest BCUT2D eigenvalue weighted by Crippen LogP contribution is -2.38. The molecule has 84 valence electrons. The largest absolute Gasteiger partial charge is 0.370 e. The highest BCUT2D eigenvalue weighted by atomic mass is 32.1. The van der Waals surface area contributed by atoms with E-state index in [9.17, 15) is 0 Å². The molecule has 0 saturated carbocycles. The smallest absolute Gasteiger partial charge is 0.188 e. The molecule has 0 radical (unpaired) electrons. The Labute approximate surface area is 94.8 Å². The van der Waals surface area contributed by atoms with Gasteiger partial charge >= 0.3 is 0 Å². The molecular formula is C10H18N4S. The van der Waals surface area contributed by atoms with Gasteiger partial charge in [-0.3, -0.25) is 4.99 Å². The van der Waals surface area contributed by atoms with Crippen LogP contribution in [0, 0.1) is 0 Å². The Morgan fingerprint density at radius 3 is 2.87 bits per heavy atom. The van der Waals surface area contributed by atoms with Crippen LogP contribution in [-0.4, -0.2) is 38.5 Å². The van der Waals surface area contributed by atoms with Gasteiger partial charge in [-0.05, 0) is 25.5 Å². The molecule has 0 aliphatic rings. The number of guanidine groups is 1. The molecule has 0 aromatic carbocycles. The topological polar surface area (TPSA) is 53.6 Å². The molecule has 5 heteroatoms. The fraction of sp³-hybridized carbons (Fsp3) is 0.500. The van der Waals surface area contributed by atoms with Crippen LogP contribution >= 0.6 is 11.3 Å². The summed E-state index contributed by atoms with van der Waals surface area (Å²) in [6, 6.07) is 4.54. The van der Waals surface area contributed by atoms with E-state index in [2.05, 4.69) is 46.8 Å². The number of hydrogen-bond acceptors (Lipinski definition) is 3. The summed E-state index contributed by atoms with van der Waals surface area (Å²) in [6.07, 6.45) is 0. The van der Waals surface area contributed by atoms with Crippen LogP contribution < -0.4 is 11.1 Å². The van der Waals surface area contributed by atoms with E-state index in [1.165, 1.54) is 4.88 Å².